The Morgan fingerprint density at radius 3 is 2.74 bits per heavy atom. The number of hydrogen-bond acceptors (Lipinski definition) is 5. The summed E-state index contributed by atoms with van der Waals surface area (Å²) in [5.74, 6) is 0.501. The number of methoxy groups -OCH3 is 1. The van der Waals surface area contributed by atoms with Crippen molar-refractivity contribution in [1.82, 2.24) is 9.88 Å². The molecule has 2 rings (SSSR count). The van der Waals surface area contributed by atoms with Crippen LogP contribution in [0.5, 0.6) is 5.75 Å². The number of carbonyl (C=O) groups excluding carboxylic acids is 1. The summed E-state index contributed by atoms with van der Waals surface area (Å²) in [5.41, 5.74) is -0.215. The minimum Gasteiger partial charge on any atom is -0.494 e. The standard InChI is InChI=1S/C14H20N2O3/c1-14(2,16-7-9-19-10-8-16)13(17)12-11(18-3)5-4-6-15-12/h4-6H,7-10H2,1-3H3. The second-order valence-electron chi connectivity index (χ2n) is 5.04. The highest BCUT2D eigenvalue weighted by Crippen LogP contribution is 2.25. The monoisotopic (exact) mass is 264 g/mol. The molecule has 104 valence electrons. The largest absolute Gasteiger partial charge is 0.494 e. The summed E-state index contributed by atoms with van der Waals surface area (Å²) in [7, 11) is 1.55. The summed E-state index contributed by atoms with van der Waals surface area (Å²) in [6, 6.07) is 3.52. The maximum absolute atomic E-state index is 12.7. The Balaban J connectivity index is 2.26. The first kappa shape index (κ1) is 14.0. The summed E-state index contributed by atoms with van der Waals surface area (Å²) in [5, 5.41) is 0. The van der Waals surface area contributed by atoms with E-state index in [4.69, 9.17) is 9.47 Å². The first-order valence-corrected chi connectivity index (χ1v) is 6.44. The van der Waals surface area contributed by atoms with Crippen LogP contribution in [-0.4, -0.2) is 54.6 Å². The fraction of sp³-hybridized carbons (Fsp3) is 0.571. The molecule has 0 saturated carbocycles. The molecule has 1 aromatic rings. The van der Waals surface area contributed by atoms with E-state index >= 15 is 0 Å². The van der Waals surface area contributed by atoms with Crippen LogP contribution in [0.3, 0.4) is 0 Å². The number of carbonyl (C=O) groups is 1. The van der Waals surface area contributed by atoms with Crippen molar-refractivity contribution in [3.8, 4) is 5.75 Å². The van der Waals surface area contributed by atoms with Crippen molar-refractivity contribution in [3.63, 3.8) is 0 Å². The van der Waals surface area contributed by atoms with Gasteiger partial charge in [0.25, 0.3) is 0 Å². The third kappa shape index (κ3) is 2.77. The van der Waals surface area contributed by atoms with Gasteiger partial charge in [-0.2, -0.15) is 0 Å². The van der Waals surface area contributed by atoms with Crippen molar-refractivity contribution in [2.75, 3.05) is 33.4 Å². The number of pyridine rings is 1. The molecule has 1 saturated heterocycles. The van der Waals surface area contributed by atoms with Gasteiger partial charge < -0.3 is 9.47 Å². The Hall–Kier alpha value is -1.46. The Kier molecular flexibility index (Phi) is 4.17. The van der Waals surface area contributed by atoms with Crippen LogP contribution in [0.15, 0.2) is 18.3 Å². The van der Waals surface area contributed by atoms with Crippen molar-refractivity contribution < 1.29 is 14.3 Å². The van der Waals surface area contributed by atoms with E-state index in [2.05, 4.69) is 9.88 Å². The maximum atomic E-state index is 12.7. The Bertz CT molecular complexity index is 454. The fourth-order valence-electron chi connectivity index (χ4n) is 2.28. The van der Waals surface area contributed by atoms with E-state index in [0.29, 0.717) is 24.7 Å². The van der Waals surface area contributed by atoms with Crippen LogP contribution in [0.4, 0.5) is 0 Å². The van der Waals surface area contributed by atoms with Gasteiger partial charge in [0.15, 0.2) is 0 Å². The SMILES string of the molecule is COc1cccnc1C(=O)C(C)(C)N1CCOCC1. The van der Waals surface area contributed by atoms with Gasteiger partial charge in [-0.25, -0.2) is 4.98 Å². The minimum atomic E-state index is -0.606. The average molecular weight is 264 g/mol. The molecule has 1 aromatic heterocycles. The number of nitrogens with zero attached hydrogens (tertiary/aromatic N) is 2. The lowest BCUT2D eigenvalue weighted by molar-refractivity contribution is -0.00456. The smallest absolute Gasteiger partial charge is 0.204 e. The third-order valence-electron chi connectivity index (χ3n) is 3.56. The summed E-state index contributed by atoms with van der Waals surface area (Å²) in [4.78, 5) is 19.0. The molecule has 0 amide bonds. The molecule has 0 spiro atoms. The minimum absolute atomic E-state index is 0.0214. The van der Waals surface area contributed by atoms with E-state index in [1.165, 1.54) is 0 Å². The normalized spacial score (nSPS) is 17.2. The van der Waals surface area contributed by atoms with Gasteiger partial charge in [0.05, 0.1) is 25.9 Å². The lowest BCUT2D eigenvalue weighted by Gasteiger charge is -2.39. The molecular weight excluding hydrogens is 244 g/mol. The van der Waals surface area contributed by atoms with Gasteiger partial charge >= 0.3 is 0 Å². The second-order valence-corrected chi connectivity index (χ2v) is 5.04. The van der Waals surface area contributed by atoms with E-state index in [1.54, 1.807) is 25.4 Å². The number of ketones is 1. The molecule has 1 aliphatic heterocycles. The van der Waals surface area contributed by atoms with Crippen molar-refractivity contribution in [3.05, 3.63) is 24.0 Å². The summed E-state index contributed by atoms with van der Waals surface area (Å²) >= 11 is 0. The van der Waals surface area contributed by atoms with Crippen molar-refractivity contribution in [1.29, 1.82) is 0 Å². The Morgan fingerprint density at radius 1 is 1.42 bits per heavy atom. The predicted molar refractivity (Wildman–Crippen MR) is 71.6 cm³/mol. The van der Waals surface area contributed by atoms with Gasteiger partial charge in [0.2, 0.25) is 5.78 Å². The van der Waals surface area contributed by atoms with Crippen LogP contribution >= 0.6 is 0 Å². The highest BCUT2D eigenvalue weighted by atomic mass is 16.5. The molecule has 5 nitrogen and oxygen atoms in total. The highest BCUT2D eigenvalue weighted by Gasteiger charge is 2.37. The molecule has 1 aliphatic rings. The second kappa shape index (κ2) is 5.67. The number of rotatable bonds is 4. The Morgan fingerprint density at radius 2 is 2.11 bits per heavy atom. The Labute approximate surface area is 113 Å². The average Bonchev–Trinajstić information content (AvgIpc) is 2.47. The van der Waals surface area contributed by atoms with E-state index < -0.39 is 5.54 Å². The van der Waals surface area contributed by atoms with Gasteiger partial charge in [-0.15, -0.1) is 0 Å². The summed E-state index contributed by atoms with van der Waals surface area (Å²) in [6.45, 7) is 6.69. The number of Topliss-reactive ketones (excluding diaryl/α,β-unsaturated/α-hetero) is 1. The molecule has 2 heterocycles. The predicted octanol–water partition coefficient (Wildman–Crippen LogP) is 1.38. The molecular formula is C14H20N2O3. The van der Waals surface area contributed by atoms with E-state index in [1.807, 2.05) is 13.8 Å². The van der Waals surface area contributed by atoms with Crippen LogP contribution < -0.4 is 4.74 Å². The highest BCUT2D eigenvalue weighted by molar-refractivity contribution is 6.03. The third-order valence-corrected chi connectivity index (χ3v) is 3.56. The van der Waals surface area contributed by atoms with Crippen LogP contribution in [0, 0.1) is 0 Å². The number of aromatic nitrogens is 1. The first-order chi connectivity index (χ1) is 9.07. The molecule has 0 bridgehead atoms. The van der Waals surface area contributed by atoms with Gasteiger partial charge in [0, 0.05) is 19.3 Å². The zero-order valence-corrected chi connectivity index (χ0v) is 11.7. The number of hydrogen-bond donors (Lipinski definition) is 0. The number of ether oxygens (including phenoxy) is 2. The lowest BCUT2D eigenvalue weighted by Crippen LogP contribution is -2.54. The molecule has 0 atom stereocenters. The van der Waals surface area contributed by atoms with E-state index in [9.17, 15) is 4.79 Å². The molecule has 0 N–H and O–H groups in total. The topological polar surface area (TPSA) is 51.7 Å². The van der Waals surface area contributed by atoms with E-state index in [0.717, 1.165) is 13.1 Å². The first-order valence-electron chi connectivity index (χ1n) is 6.44. The van der Waals surface area contributed by atoms with Crippen molar-refractivity contribution in [2.45, 2.75) is 19.4 Å². The quantitative estimate of drug-likeness (QED) is 0.769. The summed E-state index contributed by atoms with van der Waals surface area (Å²) in [6.07, 6.45) is 1.62. The molecule has 0 aliphatic carbocycles. The van der Waals surface area contributed by atoms with Gasteiger partial charge in [-0.1, -0.05) is 0 Å². The van der Waals surface area contributed by atoms with E-state index in [-0.39, 0.29) is 5.78 Å². The molecule has 0 aromatic carbocycles. The van der Waals surface area contributed by atoms with Crippen molar-refractivity contribution in [2.24, 2.45) is 0 Å². The molecule has 19 heavy (non-hydrogen) atoms. The molecule has 5 heteroatoms. The molecule has 1 fully saturated rings. The lowest BCUT2D eigenvalue weighted by atomic mass is 9.93. The van der Waals surface area contributed by atoms with Gasteiger partial charge in [-0.05, 0) is 26.0 Å². The van der Waals surface area contributed by atoms with Crippen LogP contribution in [-0.2, 0) is 4.74 Å². The van der Waals surface area contributed by atoms with Gasteiger partial charge in [-0.3, -0.25) is 9.69 Å². The number of morpholine rings is 1. The maximum Gasteiger partial charge on any atom is 0.204 e. The fourth-order valence-corrected chi connectivity index (χ4v) is 2.28. The summed E-state index contributed by atoms with van der Waals surface area (Å²) < 4.78 is 10.6. The zero-order chi connectivity index (χ0) is 13.9. The van der Waals surface area contributed by atoms with Crippen LogP contribution in [0.25, 0.3) is 0 Å². The van der Waals surface area contributed by atoms with Crippen LogP contribution in [0.2, 0.25) is 0 Å². The zero-order valence-electron chi connectivity index (χ0n) is 11.7. The molecule has 0 unspecified atom stereocenters. The van der Waals surface area contributed by atoms with Crippen LogP contribution in [0.1, 0.15) is 24.3 Å². The molecule has 0 radical (unpaired) electrons. The van der Waals surface area contributed by atoms with Crippen molar-refractivity contribution >= 4 is 5.78 Å². The van der Waals surface area contributed by atoms with Gasteiger partial charge in [0.1, 0.15) is 11.4 Å².